The monoisotopic (exact) mass is 358 g/mol. The molecule has 0 saturated carbocycles. The SMILES string of the molecule is O=c1cccc2n1C[C@H]1C[C@H]2CN(Cc2ccccc2Br)C1. The van der Waals surface area contributed by atoms with E-state index >= 15 is 0 Å². The lowest BCUT2D eigenvalue weighted by Gasteiger charge is -2.42. The van der Waals surface area contributed by atoms with Gasteiger partial charge < -0.3 is 4.57 Å². The Kier molecular flexibility index (Phi) is 3.66. The van der Waals surface area contributed by atoms with Crippen molar-refractivity contribution in [3.8, 4) is 0 Å². The molecule has 0 spiro atoms. The highest BCUT2D eigenvalue weighted by Crippen LogP contribution is 2.35. The fraction of sp³-hybridized carbons (Fsp3) is 0.389. The molecule has 2 atom stereocenters. The molecular formula is C18H19BrN2O. The molecule has 114 valence electrons. The number of fused-ring (bicyclic) bond motifs is 4. The van der Waals surface area contributed by atoms with Gasteiger partial charge in [-0.1, -0.05) is 40.2 Å². The first-order chi connectivity index (χ1) is 10.7. The minimum atomic E-state index is 0.159. The molecule has 1 aromatic carbocycles. The minimum absolute atomic E-state index is 0.159. The van der Waals surface area contributed by atoms with Crippen LogP contribution >= 0.6 is 15.9 Å². The second-order valence-corrected chi connectivity index (χ2v) is 7.34. The Morgan fingerprint density at radius 3 is 2.77 bits per heavy atom. The molecule has 1 saturated heterocycles. The van der Waals surface area contributed by atoms with Crippen LogP contribution < -0.4 is 5.56 Å². The molecule has 2 bridgehead atoms. The van der Waals surface area contributed by atoms with Crippen molar-refractivity contribution in [1.82, 2.24) is 9.47 Å². The minimum Gasteiger partial charge on any atom is -0.312 e. The Balaban J connectivity index is 1.59. The molecule has 0 amide bonds. The van der Waals surface area contributed by atoms with Crippen LogP contribution in [0.4, 0.5) is 0 Å². The van der Waals surface area contributed by atoms with Crippen molar-refractivity contribution in [2.24, 2.45) is 5.92 Å². The number of halogens is 1. The molecule has 0 unspecified atom stereocenters. The van der Waals surface area contributed by atoms with Crippen molar-refractivity contribution < 1.29 is 0 Å². The fourth-order valence-corrected chi connectivity index (χ4v) is 4.40. The van der Waals surface area contributed by atoms with Gasteiger partial charge in [0.25, 0.3) is 5.56 Å². The van der Waals surface area contributed by atoms with Gasteiger partial charge in [0.15, 0.2) is 0 Å². The van der Waals surface area contributed by atoms with Gasteiger partial charge in [0.1, 0.15) is 0 Å². The third kappa shape index (κ3) is 2.55. The normalized spacial score (nSPS) is 24.0. The van der Waals surface area contributed by atoms with Gasteiger partial charge in [0.05, 0.1) is 0 Å². The van der Waals surface area contributed by atoms with Gasteiger partial charge in [0, 0.05) is 48.3 Å². The summed E-state index contributed by atoms with van der Waals surface area (Å²) in [6, 6.07) is 14.2. The van der Waals surface area contributed by atoms with Gasteiger partial charge in [-0.2, -0.15) is 0 Å². The predicted molar refractivity (Wildman–Crippen MR) is 91.0 cm³/mol. The van der Waals surface area contributed by atoms with Crippen molar-refractivity contribution in [2.45, 2.75) is 25.4 Å². The third-order valence-electron chi connectivity index (χ3n) is 4.91. The molecule has 3 nitrogen and oxygen atoms in total. The van der Waals surface area contributed by atoms with Gasteiger partial charge >= 0.3 is 0 Å². The first-order valence-electron chi connectivity index (χ1n) is 7.86. The highest BCUT2D eigenvalue weighted by Gasteiger charge is 2.34. The van der Waals surface area contributed by atoms with Crippen LogP contribution in [-0.4, -0.2) is 22.6 Å². The highest BCUT2D eigenvalue weighted by atomic mass is 79.9. The lowest BCUT2D eigenvalue weighted by molar-refractivity contribution is 0.114. The molecule has 2 aliphatic rings. The summed E-state index contributed by atoms with van der Waals surface area (Å²) in [5.41, 5.74) is 2.72. The van der Waals surface area contributed by atoms with E-state index in [0.29, 0.717) is 11.8 Å². The summed E-state index contributed by atoms with van der Waals surface area (Å²) in [5, 5.41) is 0. The molecule has 0 N–H and O–H groups in total. The molecule has 0 aliphatic carbocycles. The molecule has 0 radical (unpaired) electrons. The molecule has 3 heterocycles. The van der Waals surface area contributed by atoms with E-state index < -0.39 is 0 Å². The number of hydrogen-bond donors (Lipinski definition) is 0. The summed E-state index contributed by atoms with van der Waals surface area (Å²) < 4.78 is 3.18. The van der Waals surface area contributed by atoms with E-state index in [1.165, 1.54) is 22.2 Å². The van der Waals surface area contributed by atoms with E-state index in [4.69, 9.17) is 0 Å². The maximum absolute atomic E-state index is 12.1. The summed E-state index contributed by atoms with van der Waals surface area (Å²) >= 11 is 3.65. The van der Waals surface area contributed by atoms with E-state index in [9.17, 15) is 4.79 Å². The van der Waals surface area contributed by atoms with Crippen LogP contribution in [-0.2, 0) is 13.1 Å². The van der Waals surface area contributed by atoms with Crippen LogP contribution in [0, 0.1) is 5.92 Å². The Morgan fingerprint density at radius 2 is 1.91 bits per heavy atom. The van der Waals surface area contributed by atoms with Crippen LogP contribution in [0.5, 0.6) is 0 Å². The van der Waals surface area contributed by atoms with Gasteiger partial charge in [-0.15, -0.1) is 0 Å². The number of rotatable bonds is 2. The Morgan fingerprint density at radius 1 is 1.05 bits per heavy atom. The van der Waals surface area contributed by atoms with E-state index in [0.717, 1.165) is 26.2 Å². The number of aromatic nitrogens is 1. The van der Waals surface area contributed by atoms with E-state index in [1.54, 1.807) is 6.07 Å². The summed E-state index contributed by atoms with van der Waals surface area (Å²) in [6.45, 7) is 3.98. The van der Waals surface area contributed by atoms with Crippen molar-refractivity contribution in [2.75, 3.05) is 13.1 Å². The van der Waals surface area contributed by atoms with Crippen LogP contribution in [0.15, 0.2) is 51.7 Å². The third-order valence-corrected chi connectivity index (χ3v) is 5.68. The summed E-state index contributed by atoms with van der Waals surface area (Å²) in [7, 11) is 0. The smallest absolute Gasteiger partial charge is 0.250 e. The average molecular weight is 359 g/mol. The lowest BCUT2D eigenvalue weighted by Crippen LogP contribution is -2.46. The second kappa shape index (κ2) is 5.67. The molecule has 2 aromatic rings. The number of nitrogens with zero attached hydrogens (tertiary/aromatic N) is 2. The van der Waals surface area contributed by atoms with Crippen molar-refractivity contribution in [3.63, 3.8) is 0 Å². The standard InChI is InChI=1S/C18H19BrN2O/c19-16-5-2-1-4-14(16)11-20-9-13-8-15(12-20)17-6-3-7-18(22)21(17)10-13/h1-7,13,15H,8-12H2/t13-,15-/m0/s1. The van der Waals surface area contributed by atoms with Crippen molar-refractivity contribution >= 4 is 15.9 Å². The topological polar surface area (TPSA) is 25.2 Å². The molecule has 1 aromatic heterocycles. The molecular weight excluding hydrogens is 340 g/mol. The fourth-order valence-electron chi connectivity index (χ4n) is 3.99. The first-order valence-corrected chi connectivity index (χ1v) is 8.65. The van der Waals surface area contributed by atoms with Crippen molar-refractivity contribution in [3.05, 3.63) is 68.5 Å². The first kappa shape index (κ1) is 14.2. The number of pyridine rings is 1. The molecule has 22 heavy (non-hydrogen) atoms. The van der Waals surface area contributed by atoms with Crippen LogP contribution in [0.2, 0.25) is 0 Å². The summed E-state index contributed by atoms with van der Waals surface area (Å²) in [4.78, 5) is 14.6. The Hall–Kier alpha value is -1.39. The van der Waals surface area contributed by atoms with Gasteiger partial charge in [-0.05, 0) is 30.0 Å². The number of hydrogen-bond acceptors (Lipinski definition) is 2. The van der Waals surface area contributed by atoms with E-state index in [1.807, 2.05) is 10.6 Å². The zero-order valence-electron chi connectivity index (χ0n) is 12.4. The molecule has 4 heteroatoms. The van der Waals surface area contributed by atoms with E-state index in [2.05, 4.69) is 51.2 Å². The van der Waals surface area contributed by atoms with Gasteiger partial charge in [-0.25, -0.2) is 0 Å². The van der Waals surface area contributed by atoms with E-state index in [-0.39, 0.29) is 5.56 Å². The maximum atomic E-state index is 12.1. The van der Waals surface area contributed by atoms with Crippen LogP contribution in [0.25, 0.3) is 0 Å². The highest BCUT2D eigenvalue weighted by molar-refractivity contribution is 9.10. The average Bonchev–Trinajstić information content (AvgIpc) is 2.51. The predicted octanol–water partition coefficient (Wildman–Crippen LogP) is 3.23. The number of likely N-dealkylation sites (tertiary alicyclic amines) is 1. The Bertz CT molecular complexity index is 755. The zero-order valence-corrected chi connectivity index (χ0v) is 14.0. The quantitative estimate of drug-likeness (QED) is 0.823. The van der Waals surface area contributed by atoms with Crippen molar-refractivity contribution in [1.29, 1.82) is 0 Å². The van der Waals surface area contributed by atoms with Gasteiger partial charge in [0.2, 0.25) is 0 Å². The zero-order chi connectivity index (χ0) is 15.1. The number of piperidine rings is 1. The Labute approximate surface area is 138 Å². The van der Waals surface area contributed by atoms with Crippen LogP contribution in [0.3, 0.4) is 0 Å². The summed E-state index contributed by atoms with van der Waals surface area (Å²) in [5.74, 6) is 1.08. The molecule has 4 rings (SSSR count). The molecule has 1 fully saturated rings. The number of benzene rings is 1. The molecule has 2 aliphatic heterocycles. The van der Waals surface area contributed by atoms with Gasteiger partial charge in [-0.3, -0.25) is 9.69 Å². The second-order valence-electron chi connectivity index (χ2n) is 6.48. The van der Waals surface area contributed by atoms with Crippen LogP contribution in [0.1, 0.15) is 23.6 Å². The summed E-state index contributed by atoms with van der Waals surface area (Å²) in [6.07, 6.45) is 1.22. The largest absolute Gasteiger partial charge is 0.312 e. The lowest BCUT2D eigenvalue weighted by atomic mass is 9.83. The maximum Gasteiger partial charge on any atom is 0.250 e.